The van der Waals surface area contributed by atoms with Crippen molar-refractivity contribution >= 4 is 17.1 Å². The highest BCUT2D eigenvalue weighted by Gasteiger charge is 2.28. The fourth-order valence-electron chi connectivity index (χ4n) is 3.11. The zero-order valence-corrected chi connectivity index (χ0v) is 15.3. The van der Waals surface area contributed by atoms with E-state index in [0.29, 0.717) is 5.01 Å². The van der Waals surface area contributed by atoms with Crippen molar-refractivity contribution in [3.8, 4) is 6.07 Å². The second-order valence-electron chi connectivity index (χ2n) is 6.77. The van der Waals surface area contributed by atoms with Crippen LogP contribution >= 0.6 is 11.3 Å². The molecule has 1 atom stereocenters. The number of nitriles is 1. The first kappa shape index (κ1) is 17.6. The van der Waals surface area contributed by atoms with Crippen LogP contribution in [0.15, 0.2) is 16.2 Å². The van der Waals surface area contributed by atoms with E-state index in [4.69, 9.17) is 0 Å². The summed E-state index contributed by atoms with van der Waals surface area (Å²) in [5.41, 5.74) is 2.51. The minimum atomic E-state index is -1.03. The summed E-state index contributed by atoms with van der Waals surface area (Å²) in [6.45, 7) is 4.03. The first-order valence-corrected chi connectivity index (χ1v) is 9.53. The lowest BCUT2D eigenvalue weighted by Gasteiger charge is -2.09. The maximum Gasteiger partial charge on any atom is 0.259 e. The van der Waals surface area contributed by atoms with Crippen LogP contribution < -0.4 is 5.56 Å². The summed E-state index contributed by atoms with van der Waals surface area (Å²) in [5.74, 6) is -1.25. The molecule has 0 saturated carbocycles. The van der Waals surface area contributed by atoms with Gasteiger partial charge in [-0.05, 0) is 43.2 Å². The number of rotatable bonds is 4. The van der Waals surface area contributed by atoms with Gasteiger partial charge in [-0.1, -0.05) is 20.3 Å². The predicted octanol–water partition coefficient (Wildman–Crippen LogP) is 3.71. The number of pyridine rings is 1. The number of ketones is 1. The molecular formula is C19H21N3O2S. The van der Waals surface area contributed by atoms with Crippen LogP contribution in [0.3, 0.4) is 0 Å². The van der Waals surface area contributed by atoms with Crippen molar-refractivity contribution < 1.29 is 4.79 Å². The Kier molecular flexibility index (Phi) is 5.14. The van der Waals surface area contributed by atoms with E-state index in [0.717, 1.165) is 49.1 Å². The van der Waals surface area contributed by atoms with Gasteiger partial charge < -0.3 is 4.98 Å². The van der Waals surface area contributed by atoms with Crippen LogP contribution in [0.5, 0.6) is 0 Å². The number of aromatic amines is 1. The number of thiazole rings is 1. The number of aromatic nitrogens is 2. The average Bonchev–Trinajstić information content (AvgIpc) is 2.95. The lowest BCUT2D eigenvalue weighted by molar-refractivity contribution is 0.0977. The third kappa shape index (κ3) is 3.57. The van der Waals surface area contributed by atoms with Crippen molar-refractivity contribution in [3.63, 3.8) is 0 Å². The fourth-order valence-corrected chi connectivity index (χ4v) is 4.13. The summed E-state index contributed by atoms with van der Waals surface area (Å²) >= 11 is 1.30. The molecular weight excluding hydrogens is 334 g/mol. The topological polar surface area (TPSA) is 86.6 Å². The van der Waals surface area contributed by atoms with E-state index in [1.165, 1.54) is 11.3 Å². The van der Waals surface area contributed by atoms with Crippen LogP contribution in [0.25, 0.3) is 0 Å². The molecule has 0 radical (unpaired) electrons. The van der Waals surface area contributed by atoms with Gasteiger partial charge in [0.25, 0.3) is 5.56 Å². The summed E-state index contributed by atoms with van der Waals surface area (Å²) in [5, 5.41) is 11.9. The molecule has 1 aliphatic carbocycles. The third-order valence-corrected chi connectivity index (χ3v) is 5.55. The number of carbonyl (C=O) groups excluding carboxylic acids is 1. The Morgan fingerprint density at radius 1 is 1.32 bits per heavy atom. The van der Waals surface area contributed by atoms with Crippen LogP contribution in [0.1, 0.15) is 77.3 Å². The third-order valence-electron chi connectivity index (χ3n) is 4.62. The van der Waals surface area contributed by atoms with Gasteiger partial charge in [0.15, 0.2) is 11.7 Å². The molecule has 25 heavy (non-hydrogen) atoms. The predicted molar refractivity (Wildman–Crippen MR) is 97.2 cm³/mol. The van der Waals surface area contributed by atoms with E-state index in [1.54, 1.807) is 6.07 Å². The summed E-state index contributed by atoms with van der Waals surface area (Å²) in [6, 6.07) is 3.73. The number of hydrogen-bond acceptors (Lipinski definition) is 5. The van der Waals surface area contributed by atoms with Crippen molar-refractivity contribution in [1.82, 2.24) is 9.97 Å². The van der Waals surface area contributed by atoms with Crippen molar-refractivity contribution in [1.29, 1.82) is 5.26 Å². The summed E-state index contributed by atoms with van der Waals surface area (Å²) < 4.78 is 0. The Bertz CT molecular complexity index is 889. The number of hydrogen-bond donors (Lipinski definition) is 1. The van der Waals surface area contributed by atoms with E-state index in [-0.39, 0.29) is 11.5 Å². The van der Waals surface area contributed by atoms with Crippen LogP contribution in [0.2, 0.25) is 0 Å². The molecule has 5 nitrogen and oxygen atoms in total. The largest absolute Gasteiger partial charge is 0.325 e. The number of aryl methyl sites for hydroxylation is 2. The molecule has 0 aromatic carbocycles. The molecule has 130 valence electrons. The lowest BCUT2D eigenvalue weighted by Crippen LogP contribution is -2.24. The van der Waals surface area contributed by atoms with Crippen LogP contribution in [-0.2, 0) is 12.8 Å². The van der Waals surface area contributed by atoms with Gasteiger partial charge in [0.1, 0.15) is 5.01 Å². The molecule has 0 spiro atoms. The van der Waals surface area contributed by atoms with E-state index >= 15 is 0 Å². The first-order valence-electron chi connectivity index (χ1n) is 8.65. The molecule has 0 bridgehead atoms. The highest BCUT2D eigenvalue weighted by molar-refractivity contribution is 7.10. The molecule has 0 aliphatic heterocycles. The number of nitrogens with zero attached hydrogens (tertiary/aromatic N) is 2. The smallest absolute Gasteiger partial charge is 0.259 e. The van der Waals surface area contributed by atoms with Gasteiger partial charge in [0.05, 0.1) is 17.3 Å². The number of Topliss-reactive ketones (excluding diaryl/α,β-unsaturated/α-hetero) is 1. The molecule has 1 aliphatic rings. The molecule has 6 heteroatoms. The highest BCUT2D eigenvalue weighted by atomic mass is 32.1. The van der Waals surface area contributed by atoms with Crippen molar-refractivity contribution in [2.75, 3.05) is 0 Å². The number of carbonyl (C=O) groups is 1. The summed E-state index contributed by atoms with van der Waals surface area (Å²) in [7, 11) is 0. The van der Waals surface area contributed by atoms with Gasteiger partial charge >= 0.3 is 0 Å². The van der Waals surface area contributed by atoms with E-state index < -0.39 is 17.3 Å². The summed E-state index contributed by atoms with van der Waals surface area (Å²) in [6.07, 6.45) is 4.92. The zero-order chi connectivity index (χ0) is 18.0. The molecule has 1 unspecified atom stereocenters. The SMILES string of the molecule is CC(C)c1csc(C(C#N)C(=O)c2cc3c([nH]c2=O)CCCCC3)n1. The number of H-pyrrole nitrogens is 1. The van der Waals surface area contributed by atoms with Crippen molar-refractivity contribution in [2.24, 2.45) is 0 Å². The maximum atomic E-state index is 12.9. The molecule has 1 N–H and O–H groups in total. The Labute approximate surface area is 150 Å². The normalized spacial score (nSPS) is 15.3. The van der Waals surface area contributed by atoms with Crippen LogP contribution in [0.4, 0.5) is 0 Å². The van der Waals surface area contributed by atoms with Gasteiger partial charge in [-0.2, -0.15) is 5.26 Å². The Morgan fingerprint density at radius 2 is 2.08 bits per heavy atom. The second kappa shape index (κ2) is 7.32. The van der Waals surface area contributed by atoms with Gasteiger partial charge in [-0.15, -0.1) is 11.3 Å². The first-order chi connectivity index (χ1) is 12.0. The van der Waals surface area contributed by atoms with Gasteiger partial charge in [0.2, 0.25) is 0 Å². The highest BCUT2D eigenvalue weighted by Crippen LogP contribution is 2.27. The number of fused-ring (bicyclic) bond motifs is 1. The monoisotopic (exact) mass is 355 g/mol. The zero-order valence-electron chi connectivity index (χ0n) is 14.5. The van der Waals surface area contributed by atoms with Crippen molar-refractivity contribution in [3.05, 3.63) is 49.3 Å². The second-order valence-corrected chi connectivity index (χ2v) is 7.66. The molecule has 0 amide bonds. The summed E-state index contributed by atoms with van der Waals surface area (Å²) in [4.78, 5) is 32.6. The molecule has 2 aromatic heterocycles. The van der Waals surface area contributed by atoms with E-state index in [1.807, 2.05) is 25.3 Å². The molecule has 0 saturated heterocycles. The minimum absolute atomic E-state index is 0.0773. The average molecular weight is 355 g/mol. The van der Waals surface area contributed by atoms with E-state index in [2.05, 4.69) is 9.97 Å². The minimum Gasteiger partial charge on any atom is -0.325 e. The Morgan fingerprint density at radius 3 is 2.76 bits per heavy atom. The van der Waals surface area contributed by atoms with Crippen LogP contribution in [-0.4, -0.2) is 15.8 Å². The van der Waals surface area contributed by atoms with Gasteiger partial charge in [-0.3, -0.25) is 9.59 Å². The quantitative estimate of drug-likeness (QED) is 0.669. The lowest BCUT2D eigenvalue weighted by atomic mass is 9.97. The standard InChI is InChI=1S/C19H21N3O2S/c1-11(2)16-10-25-19(22-16)14(9-20)17(23)13-8-12-6-4-3-5-7-15(12)21-18(13)24/h8,10-11,14H,3-7H2,1-2H3,(H,21,24). The maximum absolute atomic E-state index is 12.9. The fraction of sp³-hybridized carbons (Fsp3) is 0.474. The Hall–Kier alpha value is -2.26. The van der Waals surface area contributed by atoms with Crippen LogP contribution in [0, 0.1) is 11.3 Å². The number of nitrogens with one attached hydrogen (secondary N) is 1. The van der Waals surface area contributed by atoms with Crippen molar-refractivity contribution in [2.45, 2.75) is 57.8 Å². The molecule has 3 rings (SSSR count). The molecule has 2 heterocycles. The van der Waals surface area contributed by atoms with Gasteiger partial charge in [-0.25, -0.2) is 4.98 Å². The Balaban J connectivity index is 1.97. The molecule has 0 fully saturated rings. The van der Waals surface area contributed by atoms with Gasteiger partial charge in [0, 0.05) is 11.1 Å². The van der Waals surface area contributed by atoms with E-state index in [9.17, 15) is 14.9 Å². The molecule has 2 aromatic rings.